The van der Waals surface area contributed by atoms with Crippen molar-refractivity contribution < 1.29 is 4.79 Å². The standard InChI is InChI=1S/C22H20ClN5O2/c1-13-7-6-10-18(15(13)3)24-19(29)12-27-14(2)11-20(30)28-22(27)25-21(26-28)16-8-4-5-9-17(16)23/h4-11H,12H2,1-3H3,(H,24,29). The lowest BCUT2D eigenvalue weighted by Crippen LogP contribution is -2.25. The third-order valence-electron chi connectivity index (χ3n) is 5.09. The predicted octanol–water partition coefficient (Wildman–Crippen LogP) is 3.78. The molecule has 4 rings (SSSR count). The van der Waals surface area contributed by atoms with Gasteiger partial charge in [-0.15, -0.1) is 5.10 Å². The summed E-state index contributed by atoms with van der Waals surface area (Å²) < 4.78 is 2.85. The zero-order valence-electron chi connectivity index (χ0n) is 16.8. The summed E-state index contributed by atoms with van der Waals surface area (Å²) >= 11 is 6.26. The SMILES string of the molecule is Cc1cccc(NC(=O)Cn2c(C)cc(=O)n3nc(-c4ccccc4Cl)nc23)c1C. The fourth-order valence-corrected chi connectivity index (χ4v) is 3.49. The van der Waals surface area contributed by atoms with Crippen LogP contribution in [0.15, 0.2) is 53.3 Å². The van der Waals surface area contributed by atoms with Crippen molar-refractivity contribution in [1.29, 1.82) is 0 Å². The molecule has 0 fully saturated rings. The first-order valence-electron chi connectivity index (χ1n) is 9.43. The van der Waals surface area contributed by atoms with Crippen molar-refractivity contribution in [2.75, 3.05) is 5.32 Å². The molecule has 2 heterocycles. The predicted molar refractivity (Wildman–Crippen MR) is 117 cm³/mol. The maximum atomic E-state index is 12.8. The molecule has 0 spiro atoms. The van der Waals surface area contributed by atoms with Gasteiger partial charge in [-0.05, 0) is 50.1 Å². The maximum Gasteiger partial charge on any atom is 0.275 e. The third-order valence-corrected chi connectivity index (χ3v) is 5.42. The van der Waals surface area contributed by atoms with Crippen LogP contribution in [-0.2, 0) is 11.3 Å². The van der Waals surface area contributed by atoms with E-state index in [0.29, 0.717) is 22.1 Å². The van der Waals surface area contributed by atoms with Gasteiger partial charge in [0.05, 0.1) is 5.02 Å². The molecule has 1 amide bonds. The van der Waals surface area contributed by atoms with Gasteiger partial charge in [0.15, 0.2) is 5.82 Å². The quantitative estimate of drug-likeness (QED) is 0.543. The zero-order chi connectivity index (χ0) is 21.4. The number of fused-ring (bicyclic) bond motifs is 1. The molecule has 152 valence electrons. The van der Waals surface area contributed by atoms with Crippen LogP contribution in [0.1, 0.15) is 16.8 Å². The van der Waals surface area contributed by atoms with Gasteiger partial charge in [-0.2, -0.15) is 9.50 Å². The van der Waals surface area contributed by atoms with Gasteiger partial charge < -0.3 is 9.88 Å². The molecule has 30 heavy (non-hydrogen) atoms. The number of carbonyl (C=O) groups excluding carboxylic acids is 1. The number of nitrogens with one attached hydrogen (secondary N) is 1. The molecule has 0 saturated heterocycles. The number of halogens is 1. The van der Waals surface area contributed by atoms with Crippen LogP contribution in [-0.4, -0.2) is 25.1 Å². The minimum atomic E-state index is -0.320. The summed E-state index contributed by atoms with van der Waals surface area (Å²) in [7, 11) is 0. The lowest BCUT2D eigenvalue weighted by molar-refractivity contribution is -0.116. The average Bonchev–Trinajstić information content (AvgIpc) is 3.15. The molecule has 7 nitrogen and oxygen atoms in total. The van der Waals surface area contributed by atoms with Crippen molar-refractivity contribution in [3.8, 4) is 11.4 Å². The van der Waals surface area contributed by atoms with E-state index in [4.69, 9.17) is 11.6 Å². The summed E-state index contributed by atoms with van der Waals surface area (Å²) in [5.41, 5.74) is 3.77. The Labute approximate surface area is 178 Å². The number of aryl methyl sites for hydroxylation is 2. The van der Waals surface area contributed by atoms with E-state index in [9.17, 15) is 9.59 Å². The zero-order valence-corrected chi connectivity index (χ0v) is 17.6. The Morgan fingerprint density at radius 1 is 1.10 bits per heavy atom. The van der Waals surface area contributed by atoms with E-state index in [1.54, 1.807) is 23.6 Å². The molecule has 4 aromatic rings. The molecular formula is C22H20ClN5O2. The number of rotatable bonds is 4. The fraction of sp³-hybridized carbons (Fsp3) is 0.182. The number of benzene rings is 2. The number of aromatic nitrogens is 4. The number of hydrogen-bond donors (Lipinski definition) is 1. The van der Waals surface area contributed by atoms with Crippen LogP contribution in [0.4, 0.5) is 5.69 Å². The second-order valence-corrected chi connectivity index (χ2v) is 7.54. The summed E-state index contributed by atoms with van der Waals surface area (Å²) in [4.78, 5) is 29.7. The first-order valence-corrected chi connectivity index (χ1v) is 9.81. The highest BCUT2D eigenvalue weighted by atomic mass is 35.5. The first kappa shape index (κ1) is 19.8. The summed E-state index contributed by atoms with van der Waals surface area (Å²) in [6.07, 6.45) is 0. The molecule has 8 heteroatoms. The van der Waals surface area contributed by atoms with E-state index in [1.807, 2.05) is 44.2 Å². The van der Waals surface area contributed by atoms with Gasteiger partial charge in [-0.3, -0.25) is 9.59 Å². The third kappa shape index (κ3) is 3.59. The van der Waals surface area contributed by atoms with Crippen molar-refractivity contribution in [2.45, 2.75) is 27.3 Å². The summed E-state index contributed by atoms with van der Waals surface area (Å²) in [6.45, 7) is 5.70. The molecule has 1 N–H and O–H groups in total. The Bertz CT molecular complexity index is 1340. The fourth-order valence-electron chi connectivity index (χ4n) is 3.27. The number of carbonyl (C=O) groups is 1. The van der Waals surface area contributed by atoms with Gasteiger partial charge in [0, 0.05) is 23.0 Å². The van der Waals surface area contributed by atoms with E-state index in [-0.39, 0.29) is 23.8 Å². The van der Waals surface area contributed by atoms with E-state index >= 15 is 0 Å². The van der Waals surface area contributed by atoms with Gasteiger partial charge in [0.2, 0.25) is 11.7 Å². The van der Waals surface area contributed by atoms with Crippen molar-refractivity contribution >= 4 is 29.0 Å². The summed E-state index contributed by atoms with van der Waals surface area (Å²) in [6, 6.07) is 14.3. The van der Waals surface area contributed by atoms with Crippen molar-refractivity contribution in [3.05, 3.63) is 80.7 Å². The smallest absolute Gasteiger partial charge is 0.275 e. The van der Waals surface area contributed by atoms with Gasteiger partial charge in [0.25, 0.3) is 5.56 Å². The highest BCUT2D eigenvalue weighted by molar-refractivity contribution is 6.33. The minimum Gasteiger partial charge on any atom is -0.324 e. The Hall–Kier alpha value is -3.45. The van der Waals surface area contributed by atoms with Crippen molar-refractivity contribution in [1.82, 2.24) is 19.2 Å². The maximum absolute atomic E-state index is 12.8. The van der Waals surface area contributed by atoms with Gasteiger partial charge >= 0.3 is 0 Å². The van der Waals surface area contributed by atoms with E-state index in [2.05, 4.69) is 15.4 Å². The van der Waals surface area contributed by atoms with Crippen LogP contribution < -0.4 is 10.9 Å². The first-order chi connectivity index (χ1) is 14.3. The van der Waals surface area contributed by atoms with E-state index < -0.39 is 0 Å². The molecule has 0 aliphatic carbocycles. The van der Waals surface area contributed by atoms with Crippen LogP contribution in [0.2, 0.25) is 5.02 Å². The highest BCUT2D eigenvalue weighted by Gasteiger charge is 2.17. The summed E-state index contributed by atoms with van der Waals surface area (Å²) in [5, 5.41) is 7.74. The molecule has 2 aromatic heterocycles. The molecule has 0 bridgehead atoms. The normalized spacial score (nSPS) is 11.1. The molecule has 0 aliphatic heterocycles. The Balaban J connectivity index is 1.73. The number of anilines is 1. The Morgan fingerprint density at radius 3 is 2.63 bits per heavy atom. The van der Waals surface area contributed by atoms with Crippen LogP contribution in [0.5, 0.6) is 0 Å². The van der Waals surface area contributed by atoms with E-state index in [1.165, 1.54) is 10.6 Å². The molecule has 0 atom stereocenters. The number of nitrogens with zero attached hydrogens (tertiary/aromatic N) is 4. The Morgan fingerprint density at radius 2 is 1.87 bits per heavy atom. The summed E-state index contributed by atoms with van der Waals surface area (Å²) in [5.74, 6) is 0.387. The Kier molecular flexibility index (Phi) is 5.13. The molecule has 2 aromatic carbocycles. The van der Waals surface area contributed by atoms with Gasteiger partial charge in [0.1, 0.15) is 6.54 Å². The monoisotopic (exact) mass is 421 g/mol. The van der Waals surface area contributed by atoms with Crippen LogP contribution in [0.25, 0.3) is 17.2 Å². The molecule has 0 unspecified atom stereocenters. The topological polar surface area (TPSA) is 81.3 Å². The molecule has 0 aliphatic rings. The second-order valence-electron chi connectivity index (χ2n) is 7.13. The molecule has 0 radical (unpaired) electrons. The lowest BCUT2D eigenvalue weighted by Gasteiger charge is -2.13. The minimum absolute atomic E-state index is 0.0103. The van der Waals surface area contributed by atoms with Gasteiger partial charge in [-0.1, -0.05) is 35.9 Å². The highest BCUT2D eigenvalue weighted by Crippen LogP contribution is 2.25. The van der Waals surface area contributed by atoms with Crippen LogP contribution in [0, 0.1) is 20.8 Å². The van der Waals surface area contributed by atoms with Crippen molar-refractivity contribution in [2.24, 2.45) is 0 Å². The second kappa shape index (κ2) is 7.76. The van der Waals surface area contributed by atoms with Gasteiger partial charge in [-0.25, -0.2) is 0 Å². The van der Waals surface area contributed by atoms with Crippen LogP contribution >= 0.6 is 11.6 Å². The van der Waals surface area contributed by atoms with Crippen LogP contribution in [0.3, 0.4) is 0 Å². The molecule has 0 saturated carbocycles. The number of amides is 1. The molecular weight excluding hydrogens is 402 g/mol. The van der Waals surface area contributed by atoms with E-state index in [0.717, 1.165) is 16.8 Å². The lowest BCUT2D eigenvalue weighted by atomic mass is 10.1. The van der Waals surface area contributed by atoms with Crippen molar-refractivity contribution in [3.63, 3.8) is 0 Å². The number of hydrogen-bond acceptors (Lipinski definition) is 4. The largest absolute Gasteiger partial charge is 0.324 e. The average molecular weight is 422 g/mol.